The molecule has 0 bridgehead atoms. The fourth-order valence-electron chi connectivity index (χ4n) is 2.01. The van der Waals surface area contributed by atoms with E-state index in [0.717, 1.165) is 11.3 Å². The first-order valence-corrected chi connectivity index (χ1v) is 6.76. The third kappa shape index (κ3) is 4.09. The predicted octanol–water partition coefficient (Wildman–Crippen LogP) is 2.08. The number of benzene rings is 2. The highest BCUT2D eigenvalue weighted by molar-refractivity contribution is 5.92. The highest BCUT2D eigenvalue weighted by Gasteiger charge is 2.13. The molecule has 5 nitrogen and oxygen atoms in total. The third-order valence-electron chi connectivity index (χ3n) is 3.13. The molecule has 0 aliphatic carbocycles. The number of ether oxygens (including phenoxy) is 2. The molecule has 0 unspecified atom stereocenters. The summed E-state index contributed by atoms with van der Waals surface area (Å²) < 4.78 is 10.3. The van der Waals surface area contributed by atoms with Gasteiger partial charge in [0.05, 0.1) is 19.1 Å². The van der Waals surface area contributed by atoms with Crippen molar-refractivity contribution in [3.8, 4) is 5.75 Å². The number of carbonyl (C=O) groups is 2. The molecule has 0 fully saturated rings. The summed E-state index contributed by atoms with van der Waals surface area (Å²) >= 11 is 0. The number of hydrogen-bond donors (Lipinski definition) is 1. The van der Waals surface area contributed by atoms with Crippen LogP contribution in [0, 0.1) is 0 Å². The molecule has 5 heteroatoms. The van der Waals surface area contributed by atoms with Crippen molar-refractivity contribution in [1.29, 1.82) is 0 Å². The van der Waals surface area contributed by atoms with Gasteiger partial charge in [0.25, 0.3) is 0 Å². The lowest BCUT2D eigenvalue weighted by atomic mass is 10.0. The van der Waals surface area contributed by atoms with Crippen molar-refractivity contribution < 1.29 is 19.1 Å². The SMILES string of the molecule is COc1ccc(COC(=O)c2ccccc2CC(N)=O)cc1. The molecule has 0 saturated carbocycles. The zero-order valence-electron chi connectivity index (χ0n) is 12.2. The monoisotopic (exact) mass is 299 g/mol. The lowest BCUT2D eigenvalue weighted by Crippen LogP contribution is -2.17. The average Bonchev–Trinajstić information content (AvgIpc) is 2.53. The highest BCUT2D eigenvalue weighted by atomic mass is 16.5. The molecule has 0 heterocycles. The molecule has 2 N–H and O–H groups in total. The fourth-order valence-corrected chi connectivity index (χ4v) is 2.01. The van der Waals surface area contributed by atoms with Crippen LogP contribution in [0.25, 0.3) is 0 Å². The predicted molar refractivity (Wildman–Crippen MR) is 81.5 cm³/mol. The molecule has 2 aromatic rings. The molecule has 1 amide bonds. The third-order valence-corrected chi connectivity index (χ3v) is 3.13. The summed E-state index contributed by atoms with van der Waals surface area (Å²) in [7, 11) is 1.59. The second-order valence-electron chi connectivity index (χ2n) is 4.72. The van der Waals surface area contributed by atoms with Crippen molar-refractivity contribution in [1.82, 2.24) is 0 Å². The van der Waals surface area contributed by atoms with Crippen molar-refractivity contribution in [3.63, 3.8) is 0 Å². The first-order chi connectivity index (χ1) is 10.6. The van der Waals surface area contributed by atoms with Crippen LogP contribution >= 0.6 is 0 Å². The molecule has 0 aliphatic heterocycles. The Labute approximate surface area is 128 Å². The average molecular weight is 299 g/mol. The number of hydrogen-bond acceptors (Lipinski definition) is 4. The van der Waals surface area contributed by atoms with Gasteiger partial charge in [-0.1, -0.05) is 30.3 Å². The highest BCUT2D eigenvalue weighted by Crippen LogP contribution is 2.15. The van der Waals surface area contributed by atoms with Gasteiger partial charge in [0.2, 0.25) is 5.91 Å². The van der Waals surface area contributed by atoms with Crippen LogP contribution in [-0.2, 0) is 22.6 Å². The van der Waals surface area contributed by atoms with Crippen LogP contribution in [0.2, 0.25) is 0 Å². The smallest absolute Gasteiger partial charge is 0.338 e. The summed E-state index contributed by atoms with van der Waals surface area (Å²) in [5, 5.41) is 0. The Kier molecular flexibility index (Phi) is 5.14. The van der Waals surface area contributed by atoms with Crippen LogP contribution in [0.4, 0.5) is 0 Å². The number of primary amides is 1. The summed E-state index contributed by atoms with van der Waals surface area (Å²) in [6.45, 7) is 0.147. The van der Waals surface area contributed by atoms with Gasteiger partial charge in [-0.05, 0) is 29.3 Å². The molecule has 2 rings (SSSR count). The van der Waals surface area contributed by atoms with Gasteiger partial charge in [-0.15, -0.1) is 0 Å². The molecule has 0 spiro atoms. The van der Waals surface area contributed by atoms with Gasteiger partial charge < -0.3 is 15.2 Å². The van der Waals surface area contributed by atoms with Crippen molar-refractivity contribution in [2.75, 3.05) is 7.11 Å². The van der Waals surface area contributed by atoms with Gasteiger partial charge in [0.1, 0.15) is 12.4 Å². The number of esters is 1. The van der Waals surface area contributed by atoms with Crippen LogP contribution < -0.4 is 10.5 Å². The number of methoxy groups -OCH3 is 1. The normalized spacial score (nSPS) is 10.0. The van der Waals surface area contributed by atoms with Gasteiger partial charge in [0, 0.05) is 0 Å². The number of amides is 1. The maximum atomic E-state index is 12.1. The van der Waals surface area contributed by atoms with E-state index in [0.29, 0.717) is 11.1 Å². The topological polar surface area (TPSA) is 78.6 Å². The molecular weight excluding hydrogens is 282 g/mol. The minimum Gasteiger partial charge on any atom is -0.497 e. The zero-order valence-corrected chi connectivity index (χ0v) is 12.2. The van der Waals surface area contributed by atoms with Crippen molar-refractivity contribution in [2.24, 2.45) is 5.73 Å². The van der Waals surface area contributed by atoms with E-state index >= 15 is 0 Å². The second kappa shape index (κ2) is 7.26. The first-order valence-electron chi connectivity index (χ1n) is 6.76. The number of carbonyl (C=O) groups excluding carboxylic acids is 2. The van der Waals surface area contributed by atoms with E-state index in [-0.39, 0.29) is 13.0 Å². The van der Waals surface area contributed by atoms with E-state index in [1.807, 2.05) is 12.1 Å². The molecule has 0 atom stereocenters. The van der Waals surface area contributed by atoms with Crippen LogP contribution in [0.15, 0.2) is 48.5 Å². The van der Waals surface area contributed by atoms with Crippen LogP contribution in [0.1, 0.15) is 21.5 Å². The molecule has 0 saturated heterocycles. The van der Waals surface area contributed by atoms with Gasteiger partial charge >= 0.3 is 5.97 Å². The summed E-state index contributed by atoms with van der Waals surface area (Å²) in [5.74, 6) is -0.232. The zero-order chi connectivity index (χ0) is 15.9. The minimum absolute atomic E-state index is 0.00775. The van der Waals surface area contributed by atoms with Crippen LogP contribution in [0.5, 0.6) is 5.75 Å². The van der Waals surface area contributed by atoms with E-state index in [9.17, 15) is 9.59 Å². The second-order valence-corrected chi connectivity index (χ2v) is 4.72. The molecule has 0 aromatic heterocycles. The Balaban J connectivity index is 2.04. The van der Waals surface area contributed by atoms with Gasteiger partial charge in [-0.2, -0.15) is 0 Å². The van der Waals surface area contributed by atoms with E-state index in [1.54, 1.807) is 43.5 Å². The molecule has 0 aliphatic rings. The maximum absolute atomic E-state index is 12.1. The van der Waals surface area contributed by atoms with Crippen LogP contribution in [0.3, 0.4) is 0 Å². The number of nitrogens with two attached hydrogens (primary N) is 1. The van der Waals surface area contributed by atoms with Crippen molar-refractivity contribution in [2.45, 2.75) is 13.0 Å². The first kappa shape index (κ1) is 15.6. The van der Waals surface area contributed by atoms with Gasteiger partial charge in [0.15, 0.2) is 0 Å². The van der Waals surface area contributed by atoms with Gasteiger partial charge in [-0.25, -0.2) is 4.79 Å². The summed E-state index contributed by atoms with van der Waals surface area (Å²) in [6, 6.07) is 14.0. The van der Waals surface area contributed by atoms with Crippen molar-refractivity contribution in [3.05, 3.63) is 65.2 Å². The fraction of sp³-hybridized carbons (Fsp3) is 0.176. The molecule has 22 heavy (non-hydrogen) atoms. The summed E-state index contributed by atoms with van der Waals surface area (Å²) in [5.41, 5.74) is 6.95. The Bertz CT molecular complexity index is 665. The minimum atomic E-state index is -0.490. The maximum Gasteiger partial charge on any atom is 0.338 e. The lowest BCUT2D eigenvalue weighted by molar-refractivity contribution is -0.117. The molecule has 0 radical (unpaired) electrons. The Hall–Kier alpha value is -2.82. The number of rotatable bonds is 6. The summed E-state index contributed by atoms with van der Waals surface area (Å²) in [4.78, 5) is 23.2. The standard InChI is InChI=1S/C17H17NO4/c1-21-14-8-6-12(7-9-14)11-22-17(20)15-5-3-2-4-13(15)10-16(18)19/h2-9H,10-11H2,1H3,(H2,18,19). The van der Waals surface area contributed by atoms with Crippen molar-refractivity contribution >= 4 is 11.9 Å². The molecular formula is C17H17NO4. The molecule has 2 aromatic carbocycles. The quantitative estimate of drug-likeness (QED) is 0.828. The van der Waals surface area contributed by atoms with E-state index in [2.05, 4.69) is 0 Å². The Morgan fingerprint density at radius 2 is 1.73 bits per heavy atom. The van der Waals surface area contributed by atoms with E-state index in [1.165, 1.54) is 0 Å². The van der Waals surface area contributed by atoms with Gasteiger partial charge in [-0.3, -0.25) is 4.79 Å². The van der Waals surface area contributed by atoms with Crippen LogP contribution in [-0.4, -0.2) is 19.0 Å². The molecule has 114 valence electrons. The summed E-state index contributed by atoms with van der Waals surface area (Å²) in [6.07, 6.45) is 0.00775. The Morgan fingerprint density at radius 3 is 2.36 bits per heavy atom. The van der Waals surface area contributed by atoms with E-state index < -0.39 is 11.9 Å². The van der Waals surface area contributed by atoms with E-state index in [4.69, 9.17) is 15.2 Å². The Morgan fingerprint density at radius 1 is 1.05 bits per heavy atom. The largest absolute Gasteiger partial charge is 0.497 e. The lowest BCUT2D eigenvalue weighted by Gasteiger charge is -2.09.